The fourth-order valence-electron chi connectivity index (χ4n) is 3.66. The molecule has 124 valence electrons. The Bertz CT molecular complexity index is 499. The average molecular weight is 325 g/mol. The third-order valence-electron chi connectivity index (χ3n) is 4.82. The first-order valence-electron chi connectivity index (χ1n) is 8.03. The van der Waals surface area contributed by atoms with Crippen LogP contribution in [0.3, 0.4) is 0 Å². The van der Waals surface area contributed by atoms with Crippen molar-refractivity contribution < 1.29 is 4.79 Å². The normalized spacial score (nSPS) is 16.7. The van der Waals surface area contributed by atoms with Gasteiger partial charge in [0.05, 0.1) is 0 Å². The highest BCUT2D eigenvalue weighted by molar-refractivity contribution is 5.92. The summed E-state index contributed by atoms with van der Waals surface area (Å²) in [5.74, 6) is 0.109. The van der Waals surface area contributed by atoms with E-state index in [1.165, 1.54) is 24.8 Å². The molecule has 0 heterocycles. The highest BCUT2D eigenvalue weighted by atomic mass is 35.5. The molecule has 1 fully saturated rings. The van der Waals surface area contributed by atoms with Crippen molar-refractivity contribution in [3.8, 4) is 0 Å². The molecule has 0 atom stereocenters. The van der Waals surface area contributed by atoms with Crippen LogP contribution in [0.25, 0.3) is 0 Å². The smallest absolute Gasteiger partial charge is 0.224 e. The second-order valence-electron chi connectivity index (χ2n) is 6.76. The number of aryl methyl sites for hydroxylation is 3. The van der Waals surface area contributed by atoms with Gasteiger partial charge in [0.2, 0.25) is 5.91 Å². The monoisotopic (exact) mass is 324 g/mol. The lowest BCUT2D eigenvalue weighted by Gasteiger charge is -2.35. The molecule has 0 aliphatic heterocycles. The number of halogens is 1. The molecule has 1 amide bonds. The van der Waals surface area contributed by atoms with Crippen molar-refractivity contribution in [2.45, 2.75) is 59.3 Å². The molecule has 0 spiro atoms. The van der Waals surface area contributed by atoms with Crippen LogP contribution in [0.5, 0.6) is 0 Å². The summed E-state index contributed by atoms with van der Waals surface area (Å²) in [6.45, 7) is 6.80. The molecular formula is C18H29ClN2O. The Morgan fingerprint density at radius 1 is 1.14 bits per heavy atom. The van der Waals surface area contributed by atoms with Gasteiger partial charge in [-0.3, -0.25) is 4.79 Å². The molecule has 1 aromatic carbocycles. The minimum atomic E-state index is 0. The molecule has 4 heteroatoms. The second kappa shape index (κ2) is 7.98. The summed E-state index contributed by atoms with van der Waals surface area (Å²) in [5, 5.41) is 3.12. The molecule has 1 aliphatic rings. The number of anilines is 1. The fraction of sp³-hybridized carbons (Fsp3) is 0.611. The summed E-state index contributed by atoms with van der Waals surface area (Å²) in [4.78, 5) is 12.5. The molecule has 0 saturated heterocycles. The number of hydrogen-bond acceptors (Lipinski definition) is 2. The number of nitrogens with one attached hydrogen (secondary N) is 1. The minimum Gasteiger partial charge on any atom is -0.330 e. The largest absolute Gasteiger partial charge is 0.330 e. The quantitative estimate of drug-likeness (QED) is 0.869. The molecule has 0 aromatic heterocycles. The summed E-state index contributed by atoms with van der Waals surface area (Å²) in [7, 11) is 0. The first-order chi connectivity index (χ1) is 9.96. The summed E-state index contributed by atoms with van der Waals surface area (Å²) < 4.78 is 0. The van der Waals surface area contributed by atoms with Crippen LogP contribution in [0.1, 0.15) is 55.2 Å². The van der Waals surface area contributed by atoms with Gasteiger partial charge in [-0.05, 0) is 56.7 Å². The van der Waals surface area contributed by atoms with Gasteiger partial charge < -0.3 is 11.1 Å². The van der Waals surface area contributed by atoms with Gasteiger partial charge in [0.15, 0.2) is 0 Å². The number of hydrogen-bond donors (Lipinski definition) is 2. The van der Waals surface area contributed by atoms with E-state index in [0.717, 1.165) is 29.7 Å². The molecule has 1 aliphatic carbocycles. The Balaban J connectivity index is 0.00000242. The molecule has 0 unspecified atom stereocenters. The van der Waals surface area contributed by atoms with Crippen molar-refractivity contribution in [3.63, 3.8) is 0 Å². The zero-order chi connectivity index (χ0) is 15.5. The molecule has 1 saturated carbocycles. The Labute approximate surface area is 140 Å². The van der Waals surface area contributed by atoms with Gasteiger partial charge in [-0.1, -0.05) is 37.0 Å². The third kappa shape index (κ3) is 4.47. The average Bonchev–Trinajstić information content (AvgIpc) is 2.44. The zero-order valence-corrected chi connectivity index (χ0v) is 14.8. The molecule has 0 bridgehead atoms. The minimum absolute atomic E-state index is 0. The van der Waals surface area contributed by atoms with Gasteiger partial charge >= 0.3 is 0 Å². The number of rotatable bonds is 4. The van der Waals surface area contributed by atoms with E-state index < -0.39 is 0 Å². The third-order valence-corrected chi connectivity index (χ3v) is 4.82. The van der Waals surface area contributed by atoms with Gasteiger partial charge in [-0.25, -0.2) is 0 Å². The lowest BCUT2D eigenvalue weighted by molar-refractivity contribution is -0.118. The number of carbonyl (C=O) groups excluding carboxylic acids is 1. The van der Waals surface area contributed by atoms with Crippen LogP contribution >= 0.6 is 12.4 Å². The van der Waals surface area contributed by atoms with E-state index >= 15 is 0 Å². The van der Waals surface area contributed by atoms with E-state index in [0.29, 0.717) is 13.0 Å². The summed E-state index contributed by atoms with van der Waals surface area (Å²) in [6, 6.07) is 4.23. The molecular weight excluding hydrogens is 296 g/mol. The zero-order valence-electron chi connectivity index (χ0n) is 14.0. The summed E-state index contributed by atoms with van der Waals surface area (Å²) >= 11 is 0. The van der Waals surface area contributed by atoms with Crippen molar-refractivity contribution in [2.75, 3.05) is 11.9 Å². The van der Waals surface area contributed by atoms with Crippen molar-refractivity contribution in [1.82, 2.24) is 0 Å². The van der Waals surface area contributed by atoms with Crippen LogP contribution in [0.2, 0.25) is 0 Å². The van der Waals surface area contributed by atoms with E-state index in [1.807, 2.05) is 0 Å². The second-order valence-corrected chi connectivity index (χ2v) is 6.76. The highest BCUT2D eigenvalue weighted by Gasteiger charge is 2.33. The number of nitrogens with two attached hydrogens (primary N) is 1. The molecule has 2 rings (SSSR count). The van der Waals surface area contributed by atoms with Gasteiger partial charge in [0.1, 0.15) is 0 Å². The standard InChI is InChI=1S/C18H28N2O.ClH/c1-13-9-14(2)17(15(3)10-13)20-16(21)11-18(12-19)7-5-4-6-8-18;/h9-10H,4-8,11-12,19H2,1-3H3,(H,20,21);1H. The van der Waals surface area contributed by atoms with E-state index in [9.17, 15) is 4.79 Å². The number of carbonyl (C=O) groups is 1. The van der Waals surface area contributed by atoms with Crippen LogP contribution in [0, 0.1) is 26.2 Å². The maximum absolute atomic E-state index is 12.5. The van der Waals surface area contributed by atoms with Crippen molar-refractivity contribution in [2.24, 2.45) is 11.1 Å². The van der Waals surface area contributed by atoms with E-state index in [1.54, 1.807) is 0 Å². The van der Waals surface area contributed by atoms with Crippen LogP contribution in [0.15, 0.2) is 12.1 Å². The van der Waals surface area contributed by atoms with Crippen LogP contribution in [-0.4, -0.2) is 12.5 Å². The summed E-state index contributed by atoms with van der Waals surface area (Å²) in [5.41, 5.74) is 10.5. The Hall–Kier alpha value is -1.06. The van der Waals surface area contributed by atoms with Gasteiger partial charge in [-0.15, -0.1) is 12.4 Å². The van der Waals surface area contributed by atoms with Crippen molar-refractivity contribution in [1.29, 1.82) is 0 Å². The van der Waals surface area contributed by atoms with Crippen molar-refractivity contribution in [3.05, 3.63) is 28.8 Å². The lowest BCUT2D eigenvalue weighted by Crippen LogP contribution is -2.36. The van der Waals surface area contributed by atoms with Crippen LogP contribution < -0.4 is 11.1 Å². The number of benzene rings is 1. The lowest BCUT2D eigenvalue weighted by atomic mass is 9.71. The first kappa shape index (κ1) is 19.0. The molecule has 3 N–H and O–H groups in total. The van der Waals surface area contributed by atoms with E-state index in [2.05, 4.69) is 38.2 Å². The van der Waals surface area contributed by atoms with Gasteiger partial charge in [0.25, 0.3) is 0 Å². The predicted molar refractivity (Wildman–Crippen MR) is 95.7 cm³/mol. The molecule has 22 heavy (non-hydrogen) atoms. The van der Waals surface area contributed by atoms with Gasteiger partial charge in [0, 0.05) is 12.1 Å². The molecule has 0 radical (unpaired) electrons. The SMILES string of the molecule is Cc1cc(C)c(NC(=O)CC2(CN)CCCCC2)c(C)c1.Cl. The van der Waals surface area contributed by atoms with Gasteiger partial charge in [-0.2, -0.15) is 0 Å². The maximum atomic E-state index is 12.5. The van der Waals surface area contributed by atoms with Crippen LogP contribution in [0.4, 0.5) is 5.69 Å². The fourth-order valence-corrected chi connectivity index (χ4v) is 3.66. The Morgan fingerprint density at radius 2 is 1.68 bits per heavy atom. The number of amides is 1. The van der Waals surface area contributed by atoms with Crippen molar-refractivity contribution >= 4 is 24.0 Å². The Morgan fingerprint density at radius 3 is 2.18 bits per heavy atom. The first-order valence-corrected chi connectivity index (χ1v) is 8.03. The molecule has 1 aromatic rings. The summed E-state index contributed by atoms with van der Waals surface area (Å²) in [6.07, 6.45) is 6.40. The Kier molecular flexibility index (Phi) is 6.89. The highest BCUT2D eigenvalue weighted by Crippen LogP contribution is 2.38. The topological polar surface area (TPSA) is 55.1 Å². The van der Waals surface area contributed by atoms with E-state index in [4.69, 9.17) is 5.73 Å². The maximum Gasteiger partial charge on any atom is 0.224 e. The van der Waals surface area contributed by atoms with Crippen LogP contribution in [-0.2, 0) is 4.79 Å². The molecule has 3 nitrogen and oxygen atoms in total. The predicted octanol–water partition coefficient (Wildman–Crippen LogP) is 4.27. The van der Waals surface area contributed by atoms with E-state index in [-0.39, 0.29) is 23.7 Å².